The van der Waals surface area contributed by atoms with Crippen LogP contribution in [0, 0.1) is 13.8 Å². The number of likely N-dealkylation sites (N-methyl/N-ethyl adjacent to an activating group) is 1. The zero-order valence-electron chi connectivity index (χ0n) is 10.6. The lowest BCUT2D eigenvalue weighted by molar-refractivity contribution is -0.122. The van der Waals surface area contributed by atoms with E-state index in [4.69, 9.17) is 5.73 Å². The number of hydrogen-bond acceptors (Lipinski definition) is 3. The first-order valence-electron chi connectivity index (χ1n) is 5.78. The van der Waals surface area contributed by atoms with E-state index in [-0.39, 0.29) is 11.7 Å². The quantitative estimate of drug-likeness (QED) is 0.730. The number of aryl methyl sites for hydroxylation is 2. The Hall–Kier alpha value is -1.55. The number of phenolic OH excluding ortho intramolecular Hbond substituents is 1. The van der Waals surface area contributed by atoms with Crippen molar-refractivity contribution in [2.75, 3.05) is 6.54 Å². The van der Waals surface area contributed by atoms with Crippen molar-refractivity contribution in [3.05, 3.63) is 28.8 Å². The van der Waals surface area contributed by atoms with Gasteiger partial charge in [0.2, 0.25) is 5.91 Å². The molecule has 94 valence electrons. The monoisotopic (exact) mass is 236 g/mol. The number of carbonyl (C=O) groups is 1. The maximum Gasteiger partial charge on any atom is 0.237 e. The summed E-state index contributed by atoms with van der Waals surface area (Å²) in [6.07, 6.45) is 0.490. The van der Waals surface area contributed by atoms with Crippen molar-refractivity contribution >= 4 is 5.91 Å². The minimum Gasteiger partial charge on any atom is -0.508 e. The molecule has 0 radical (unpaired) electrons. The van der Waals surface area contributed by atoms with E-state index in [1.165, 1.54) is 0 Å². The van der Waals surface area contributed by atoms with E-state index in [1.807, 2.05) is 20.8 Å². The van der Waals surface area contributed by atoms with Crippen molar-refractivity contribution < 1.29 is 9.90 Å². The van der Waals surface area contributed by atoms with Gasteiger partial charge in [0.25, 0.3) is 0 Å². The van der Waals surface area contributed by atoms with Crippen molar-refractivity contribution in [2.24, 2.45) is 5.73 Å². The summed E-state index contributed by atoms with van der Waals surface area (Å²) in [6.45, 7) is 6.26. The van der Waals surface area contributed by atoms with Crippen LogP contribution in [0.3, 0.4) is 0 Å². The second kappa shape index (κ2) is 5.68. The summed E-state index contributed by atoms with van der Waals surface area (Å²) in [5.74, 6) is 0.106. The summed E-state index contributed by atoms with van der Waals surface area (Å²) in [5.41, 5.74) is 8.79. The largest absolute Gasteiger partial charge is 0.508 e. The van der Waals surface area contributed by atoms with Crippen LogP contribution in [0.5, 0.6) is 5.75 Å². The SMILES string of the molecule is CCNC(=O)[C@@H](N)Cc1c(C)cc(O)cc1C. The van der Waals surface area contributed by atoms with Gasteiger partial charge in [-0.15, -0.1) is 0 Å². The standard InChI is InChI=1S/C13H20N2O2/c1-4-15-13(17)12(14)7-11-8(2)5-10(16)6-9(11)3/h5-6,12,16H,4,7,14H2,1-3H3,(H,15,17)/t12-/m0/s1. The molecule has 0 aliphatic rings. The number of nitrogens with one attached hydrogen (secondary N) is 1. The molecule has 0 aliphatic carbocycles. The molecule has 0 saturated heterocycles. The zero-order valence-corrected chi connectivity index (χ0v) is 10.6. The van der Waals surface area contributed by atoms with Gasteiger partial charge in [0.1, 0.15) is 5.75 Å². The molecular weight excluding hydrogens is 216 g/mol. The highest BCUT2D eigenvalue weighted by molar-refractivity contribution is 5.81. The molecular formula is C13H20N2O2. The second-order valence-corrected chi connectivity index (χ2v) is 4.26. The van der Waals surface area contributed by atoms with Gasteiger partial charge in [-0.25, -0.2) is 0 Å². The average molecular weight is 236 g/mol. The second-order valence-electron chi connectivity index (χ2n) is 4.26. The highest BCUT2D eigenvalue weighted by Crippen LogP contribution is 2.21. The summed E-state index contributed by atoms with van der Waals surface area (Å²) in [5, 5.41) is 12.1. The first-order valence-corrected chi connectivity index (χ1v) is 5.78. The van der Waals surface area contributed by atoms with Crippen LogP contribution in [0.25, 0.3) is 0 Å². The Labute approximate surface area is 102 Å². The van der Waals surface area contributed by atoms with E-state index in [1.54, 1.807) is 12.1 Å². The summed E-state index contributed by atoms with van der Waals surface area (Å²) in [6, 6.07) is 2.83. The Kier molecular flexibility index (Phi) is 4.52. The first kappa shape index (κ1) is 13.5. The molecule has 1 aromatic rings. The highest BCUT2D eigenvalue weighted by atomic mass is 16.3. The molecule has 4 nitrogen and oxygen atoms in total. The van der Waals surface area contributed by atoms with Gasteiger partial charge in [0.05, 0.1) is 6.04 Å². The topological polar surface area (TPSA) is 75.4 Å². The van der Waals surface area contributed by atoms with Crippen molar-refractivity contribution in [2.45, 2.75) is 33.2 Å². The molecule has 1 rings (SSSR count). The van der Waals surface area contributed by atoms with Crippen molar-refractivity contribution in [3.63, 3.8) is 0 Å². The molecule has 1 aromatic carbocycles. The Balaban J connectivity index is 2.85. The van der Waals surface area contributed by atoms with E-state index in [2.05, 4.69) is 5.32 Å². The predicted octanol–water partition coefficient (Wildman–Crippen LogP) is 1.01. The summed E-state index contributed by atoms with van der Waals surface area (Å²) in [4.78, 5) is 11.6. The fourth-order valence-corrected chi connectivity index (χ4v) is 1.91. The minimum absolute atomic E-state index is 0.139. The number of benzene rings is 1. The van der Waals surface area contributed by atoms with E-state index in [0.717, 1.165) is 16.7 Å². The van der Waals surface area contributed by atoms with Gasteiger partial charge in [-0.05, 0) is 56.0 Å². The predicted molar refractivity (Wildman–Crippen MR) is 67.9 cm³/mol. The molecule has 0 aromatic heterocycles. The molecule has 0 bridgehead atoms. The van der Waals surface area contributed by atoms with Gasteiger partial charge in [0, 0.05) is 6.54 Å². The van der Waals surface area contributed by atoms with Crippen LogP contribution in [0.1, 0.15) is 23.6 Å². The lowest BCUT2D eigenvalue weighted by atomic mass is 9.96. The molecule has 4 N–H and O–H groups in total. The van der Waals surface area contributed by atoms with E-state index >= 15 is 0 Å². The van der Waals surface area contributed by atoms with Crippen molar-refractivity contribution in [3.8, 4) is 5.75 Å². The van der Waals surface area contributed by atoms with Crippen LogP contribution in [0.4, 0.5) is 0 Å². The molecule has 0 heterocycles. The molecule has 1 amide bonds. The summed E-state index contributed by atoms with van der Waals surface area (Å²) >= 11 is 0. The Morgan fingerprint density at radius 2 is 1.94 bits per heavy atom. The van der Waals surface area contributed by atoms with Crippen LogP contribution >= 0.6 is 0 Å². The average Bonchev–Trinajstić information content (AvgIpc) is 2.23. The Bertz CT molecular complexity index is 393. The molecule has 0 fully saturated rings. The minimum atomic E-state index is -0.545. The smallest absolute Gasteiger partial charge is 0.237 e. The molecule has 0 saturated carbocycles. The van der Waals surface area contributed by atoms with Gasteiger partial charge in [-0.3, -0.25) is 4.79 Å². The molecule has 0 spiro atoms. The van der Waals surface area contributed by atoms with Gasteiger partial charge >= 0.3 is 0 Å². The van der Waals surface area contributed by atoms with Crippen molar-refractivity contribution in [1.29, 1.82) is 0 Å². The van der Waals surface area contributed by atoms with Crippen LogP contribution in [-0.4, -0.2) is 23.6 Å². The van der Waals surface area contributed by atoms with E-state index < -0.39 is 6.04 Å². The number of carbonyl (C=O) groups excluding carboxylic acids is 1. The van der Waals surface area contributed by atoms with Crippen molar-refractivity contribution in [1.82, 2.24) is 5.32 Å². The number of hydrogen-bond donors (Lipinski definition) is 3. The first-order chi connectivity index (χ1) is 7.95. The molecule has 0 aliphatic heterocycles. The molecule has 1 atom stereocenters. The number of aromatic hydroxyl groups is 1. The number of amides is 1. The van der Waals surface area contributed by atoms with Gasteiger partial charge in [-0.1, -0.05) is 0 Å². The van der Waals surface area contributed by atoms with Gasteiger partial charge < -0.3 is 16.2 Å². The van der Waals surface area contributed by atoms with Crippen LogP contribution in [0.15, 0.2) is 12.1 Å². The third-order valence-corrected chi connectivity index (χ3v) is 2.79. The summed E-state index contributed by atoms with van der Waals surface area (Å²) in [7, 11) is 0. The van der Waals surface area contributed by atoms with E-state index in [0.29, 0.717) is 13.0 Å². The van der Waals surface area contributed by atoms with Crippen LogP contribution in [0.2, 0.25) is 0 Å². The van der Waals surface area contributed by atoms with Gasteiger partial charge in [-0.2, -0.15) is 0 Å². The maximum absolute atomic E-state index is 11.6. The maximum atomic E-state index is 11.6. The number of phenols is 1. The van der Waals surface area contributed by atoms with Crippen LogP contribution in [-0.2, 0) is 11.2 Å². The number of rotatable bonds is 4. The number of nitrogens with two attached hydrogens (primary N) is 1. The lowest BCUT2D eigenvalue weighted by Gasteiger charge is -2.15. The molecule has 0 unspecified atom stereocenters. The normalized spacial score (nSPS) is 12.2. The molecule has 4 heteroatoms. The Morgan fingerprint density at radius 3 is 2.41 bits per heavy atom. The fourth-order valence-electron chi connectivity index (χ4n) is 1.91. The van der Waals surface area contributed by atoms with Crippen LogP contribution < -0.4 is 11.1 Å². The zero-order chi connectivity index (χ0) is 13.0. The Morgan fingerprint density at radius 1 is 1.41 bits per heavy atom. The third kappa shape index (κ3) is 3.46. The molecule has 17 heavy (non-hydrogen) atoms. The fraction of sp³-hybridized carbons (Fsp3) is 0.462. The summed E-state index contributed by atoms with van der Waals surface area (Å²) < 4.78 is 0. The van der Waals surface area contributed by atoms with Gasteiger partial charge in [0.15, 0.2) is 0 Å². The lowest BCUT2D eigenvalue weighted by Crippen LogP contribution is -2.42. The highest BCUT2D eigenvalue weighted by Gasteiger charge is 2.15. The third-order valence-electron chi connectivity index (χ3n) is 2.79. The van der Waals surface area contributed by atoms with E-state index in [9.17, 15) is 9.90 Å².